The molecule has 0 aromatic heterocycles. The van der Waals surface area contributed by atoms with E-state index in [1.165, 1.54) is 0 Å². The van der Waals surface area contributed by atoms with Gasteiger partial charge in [-0.2, -0.15) is 0 Å². The third-order valence-corrected chi connectivity index (χ3v) is 5.37. The third kappa shape index (κ3) is 5.09. The monoisotopic (exact) mass is 478 g/mol. The highest BCUT2D eigenvalue weighted by Crippen LogP contribution is 2.22. The van der Waals surface area contributed by atoms with Crippen LogP contribution in [0.4, 0.5) is 11.4 Å². The number of carbonyl (C=O) groups is 1. The highest BCUT2D eigenvalue weighted by molar-refractivity contribution is 14.1. The fourth-order valence-electron chi connectivity index (χ4n) is 2.06. The molecule has 0 aliphatic rings. The van der Waals surface area contributed by atoms with E-state index in [1.807, 2.05) is 6.92 Å². The summed E-state index contributed by atoms with van der Waals surface area (Å²) in [6.45, 7) is 1.52. The molecule has 2 aromatic carbocycles. The van der Waals surface area contributed by atoms with E-state index in [0.717, 1.165) is 19.7 Å². The van der Waals surface area contributed by atoms with Crippen molar-refractivity contribution in [1.82, 2.24) is 0 Å². The molecule has 1 N–H and O–H groups in total. The summed E-state index contributed by atoms with van der Waals surface area (Å²) in [5.41, 5.74) is 1.84. The Labute approximate surface area is 160 Å². The minimum atomic E-state index is -3.59. The van der Waals surface area contributed by atoms with Gasteiger partial charge in [0, 0.05) is 14.3 Å². The molecule has 0 aliphatic carbocycles. The number of sulfonamides is 1. The Morgan fingerprint density at radius 1 is 1.21 bits per heavy atom. The van der Waals surface area contributed by atoms with Gasteiger partial charge in [-0.1, -0.05) is 17.7 Å². The number of carbonyl (C=O) groups excluding carboxylic acids is 1. The molecular weight excluding hydrogens is 463 g/mol. The number of nitrogens with zero attached hydrogens (tertiary/aromatic N) is 1. The summed E-state index contributed by atoms with van der Waals surface area (Å²) in [6, 6.07) is 12.0. The average Bonchev–Trinajstić information content (AvgIpc) is 2.48. The molecule has 0 fully saturated rings. The first-order chi connectivity index (χ1) is 11.2. The first-order valence-corrected chi connectivity index (χ1v) is 10.3. The van der Waals surface area contributed by atoms with E-state index in [0.29, 0.717) is 16.4 Å². The quantitative estimate of drug-likeness (QED) is 0.667. The number of aryl methyl sites for hydroxylation is 1. The Morgan fingerprint density at radius 2 is 1.83 bits per heavy atom. The van der Waals surface area contributed by atoms with Crippen molar-refractivity contribution in [2.75, 3.05) is 22.4 Å². The fraction of sp³-hybridized carbons (Fsp3) is 0.188. The molecule has 0 radical (unpaired) electrons. The van der Waals surface area contributed by atoms with Gasteiger partial charge in [-0.05, 0) is 71.5 Å². The van der Waals surface area contributed by atoms with E-state index in [4.69, 9.17) is 11.6 Å². The van der Waals surface area contributed by atoms with E-state index >= 15 is 0 Å². The van der Waals surface area contributed by atoms with Crippen LogP contribution in [-0.2, 0) is 14.8 Å². The number of hydrogen-bond donors (Lipinski definition) is 1. The number of rotatable bonds is 5. The first-order valence-electron chi connectivity index (χ1n) is 6.96. The number of anilines is 2. The summed E-state index contributed by atoms with van der Waals surface area (Å²) in [7, 11) is -3.59. The maximum atomic E-state index is 12.3. The van der Waals surface area contributed by atoms with E-state index in [9.17, 15) is 13.2 Å². The molecule has 5 nitrogen and oxygen atoms in total. The van der Waals surface area contributed by atoms with Gasteiger partial charge >= 0.3 is 0 Å². The maximum absolute atomic E-state index is 12.3. The van der Waals surface area contributed by atoms with Crippen molar-refractivity contribution in [2.24, 2.45) is 0 Å². The molecule has 24 heavy (non-hydrogen) atoms. The van der Waals surface area contributed by atoms with Gasteiger partial charge < -0.3 is 5.32 Å². The standard InChI is InChI=1S/C16H16ClIN2O3S/c1-11-3-4-12(17)9-15(11)19-16(21)10-20(24(2,22)23)14-7-5-13(18)6-8-14/h3-9H,10H2,1-2H3,(H,19,21). The minimum absolute atomic E-state index is 0.314. The van der Waals surface area contributed by atoms with Crippen molar-refractivity contribution in [1.29, 1.82) is 0 Å². The van der Waals surface area contributed by atoms with Gasteiger partial charge in [0.25, 0.3) is 0 Å². The number of nitrogens with one attached hydrogen (secondary N) is 1. The molecule has 0 aliphatic heterocycles. The molecule has 0 heterocycles. The first kappa shape index (κ1) is 19.0. The maximum Gasteiger partial charge on any atom is 0.245 e. The molecule has 0 saturated heterocycles. The highest BCUT2D eigenvalue weighted by atomic mass is 127. The average molecular weight is 479 g/mol. The second kappa shape index (κ2) is 7.71. The van der Waals surface area contributed by atoms with Crippen molar-refractivity contribution in [3.05, 3.63) is 56.6 Å². The molecule has 0 unspecified atom stereocenters. The highest BCUT2D eigenvalue weighted by Gasteiger charge is 2.21. The van der Waals surface area contributed by atoms with Crippen LogP contribution in [0.15, 0.2) is 42.5 Å². The molecule has 128 valence electrons. The molecule has 2 rings (SSSR count). The van der Waals surface area contributed by atoms with Gasteiger partial charge in [0.2, 0.25) is 15.9 Å². The van der Waals surface area contributed by atoms with Crippen molar-refractivity contribution in [2.45, 2.75) is 6.92 Å². The zero-order valence-electron chi connectivity index (χ0n) is 13.1. The Kier molecular flexibility index (Phi) is 6.11. The molecule has 0 bridgehead atoms. The Bertz CT molecular complexity index is 854. The number of benzene rings is 2. The molecule has 0 atom stereocenters. The summed E-state index contributed by atoms with van der Waals surface area (Å²) < 4.78 is 26.1. The van der Waals surface area contributed by atoms with Gasteiger partial charge in [-0.15, -0.1) is 0 Å². The Morgan fingerprint density at radius 3 is 2.42 bits per heavy atom. The van der Waals surface area contributed by atoms with E-state index in [1.54, 1.807) is 42.5 Å². The van der Waals surface area contributed by atoms with Crippen LogP contribution >= 0.6 is 34.2 Å². The van der Waals surface area contributed by atoms with E-state index in [-0.39, 0.29) is 6.54 Å². The number of hydrogen-bond acceptors (Lipinski definition) is 3. The third-order valence-electron chi connectivity index (χ3n) is 3.28. The zero-order chi connectivity index (χ0) is 17.9. The lowest BCUT2D eigenvalue weighted by molar-refractivity contribution is -0.114. The van der Waals surface area contributed by atoms with E-state index < -0.39 is 15.9 Å². The normalized spacial score (nSPS) is 11.2. The summed E-state index contributed by atoms with van der Waals surface area (Å²) in [5.74, 6) is -0.440. The van der Waals surface area contributed by atoms with Crippen LogP contribution in [-0.4, -0.2) is 27.1 Å². The number of halogens is 2. The van der Waals surface area contributed by atoms with Crippen molar-refractivity contribution >= 4 is 61.5 Å². The van der Waals surface area contributed by atoms with Gasteiger partial charge in [-0.3, -0.25) is 9.10 Å². The lowest BCUT2D eigenvalue weighted by Gasteiger charge is -2.22. The smallest absolute Gasteiger partial charge is 0.245 e. The largest absolute Gasteiger partial charge is 0.324 e. The van der Waals surface area contributed by atoms with Crippen molar-refractivity contribution in [3.63, 3.8) is 0 Å². The lowest BCUT2D eigenvalue weighted by atomic mass is 10.2. The van der Waals surface area contributed by atoms with Gasteiger partial charge in [0.15, 0.2) is 0 Å². The second-order valence-electron chi connectivity index (χ2n) is 5.25. The SMILES string of the molecule is Cc1ccc(Cl)cc1NC(=O)CN(c1ccc(I)cc1)S(C)(=O)=O. The van der Waals surface area contributed by atoms with Crippen molar-refractivity contribution < 1.29 is 13.2 Å². The van der Waals surface area contributed by atoms with E-state index in [2.05, 4.69) is 27.9 Å². The van der Waals surface area contributed by atoms with Crippen LogP contribution < -0.4 is 9.62 Å². The van der Waals surface area contributed by atoms with Crippen LogP contribution in [0.3, 0.4) is 0 Å². The lowest BCUT2D eigenvalue weighted by Crippen LogP contribution is -2.37. The predicted octanol–water partition coefficient (Wildman–Crippen LogP) is 3.66. The molecule has 0 saturated carbocycles. The minimum Gasteiger partial charge on any atom is -0.324 e. The van der Waals surface area contributed by atoms with Gasteiger partial charge in [0.05, 0.1) is 11.9 Å². The van der Waals surface area contributed by atoms with Crippen molar-refractivity contribution in [3.8, 4) is 0 Å². The van der Waals surface area contributed by atoms with Gasteiger partial charge in [-0.25, -0.2) is 8.42 Å². The van der Waals surface area contributed by atoms with Crippen LogP contribution in [0.5, 0.6) is 0 Å². The summed E-state index contributed by atoms with van der Waals surface area (Å²) >= 11 is 8.06. The van der Waals surface area contributed by atoms with Crippen LogP contribution in [0.2, 0.25) is 5.02 Å². The Balaban J connectivity index is 2.22. The predicted molar refractivity (Wildman–Crippen MR) is 106 cm³/mol. The zero-order valence-corrected chi connectivity index (χ0v) is 16.8. The Hall–Kier alpha value is -1.32. The summed E-state index contributed by atoms with van der Waals surface area (Å²) in [6.07, 6.45) is 1.07. The molecule has 0 spiro atoms. The van der Waals surface area contributed by atoms with Crippen LogP contribution in [0.1, 0.15) is 5.56 Å². The molecule has 1 amide bonds. The molecule has 2 aromatic rings. The molecule has 8 heteroatoms. The summed E-state index contributed by atoms with van der Waals surface area (Å²) in [5, 5.41) is 3.20. The van der Waals surface area contributed by atoms with Crippen LogP contribution in [0, 0.1) is 10.5 Å². The molecular formula is C16H16ClIN2O3S. The second-order valence-corrected chi connectivity index (χ2v) is 8.84. The van der Waals surface area contributed by atoms with Crippen LogP contribution in [0.25, 0.3) is 0 Å². The topological polar surface area (TPSA) is 66.5 Å². The fourth-order valence-corrected chi connectivity index (χ4v) is 3.44. The number of amides is 1. The summed E-state index contributed by atoms with van der Waals surface area (Å²) in [4.78, 5) is 12.3. The van der Waals surface area contributed by atoms with Gasteiger partial charge in [0.1, 0.15) is 6.54 Å².